The van der Waals surface area contributed by atoms with Crippen LogP contribution in [-0.2, 0) is 43.3 Å². The molecule has 4 aromatic carbocycles. The van der Waals surface area contributed by atoms with Gasteiger partial charge in [-0.3, -0.25) is 0 Å². The van der Waals surface area contributed by atoms with Crippen LogP contribution >= 0.6 is 0 Å². The van der Waals surface area contributed by atoms with Crippen molar-refractivity contribution in [1.29, 1.82) is 0 Å². The van der Waals surface area contributed by atoms with Crippen molar-refractivity contribution in [1.82, 2.24) is 0 Å². The Balaban J connectivity index is 1.30. The van der Waals surface area contributed by atoms with Crippen molar-refractivity contribution < 1.29 is 4.42 Å². The Labute approximate surface area is 406 Å². The summed E-state index contributed by atoms with van der Waals surface area (Å²) in [5.41, 5.74) is 23.9. The Bertz CT molecular complexity index is 2920. The summed E-state index contributed by atoms with van der Waals surface area (Å²) >= 11 is 0. The molecule has 1 aromatic heterocycles. The van der Waals surface area contributed by atoms with Gasteiger partial charge in [-0.25, -0.2) is 0 Å². The van der Waals surface area contributed by atoms with Crippen LogP contribution in [0, 0.1) is 0 Å². The fourth-order valence-corrected chi connectivity index (χ4v) is 14.2. The molecular weight excluding hydrogens is 812 g/mol. The summed E-state index contributed by atoms with van der Waals surface area (Å²) in [4.78, 5) is 5.46. The van der Waals surface area contributed by atoms with Crippen LogP contribution in [-0.4, -0.2) is 6.71 Å². The maximum Gasteiger partial charge on any atom is 0.297 e. The van der Waals surface area contributed by atoms with E-state index in [0.717, 1.165) is 18.5 Å². The SMILES string of the molecule is CC(C)c1cc2c3c(c1)N(c1ccc4c(c1)C(C)(C)CCC4(C)C)c1c(oc4c1C(C)(C)CCC4(C)C)B3c1cc3c(cc1N2c1ccc2c(c1)C(C)(C)CCC2(C)C)C(C)(C)CCC3(C)C. The second kappa shape index (κ2) is 13.8. The Morgan fingerprint density at radius 1 is 0.433 bits per heavy atom. The highest BCUT2D eigenvalue weighted by molar-refractivity contribution is 6.99. The van der Waals surface area contributed by atoms with E-state index in [1.807, 2.05) is 0 Å². The number of hydrogen-bond donors (Lipinski definition) is 0. The van der Waals surface area contributed by atoms with Gasteiger partial charge >= 0.3 is 0 Å². The molecule has 11 rings (SSSR count). The van der Waals surface area contributed by atoms with Crippen molar-refractivity contribution in [2.24, 2.45) is 0 Å². The maximum atomic E-state index is 7.84. The number of rotatable bonds is 3. The minimum absolute atomic E-state index is 0.0520. The van der Waals surface area contributed by atoms with Gasteiger partial charge in [0, 0.05) is 39.4 Å². The van der Waals surface area contributed by atoms with Gasteiger partial charge in [0.1, 0.15) is 5.76 Å². The maximum absolute atomic E-state index is 7.84. The largest absolute Gasteiger partial charge is 0.472 e. The van der Waals surface area contributed by atoms with Crippen molar-refractivity contribution in [3.63, 3.8) is 0 Å². The van der Waals surface area contributed by atoms with E-state index >= 15 is 0 Å². The minimum Gasteiger partial charge on any atom is -0.472 e. The molecule has 4 heteroatoms. The summed E-state index contributed by atoms with van der Waals surface area (Å²) in [7, 11) is 0. The van der Waals surface area contributed by atoms with Crippen molar-refractivity contribution in [3.05, 3.63) is 111 Å². The first-order valence-corrected chi connectivity index (χ1v) is 26.4. The molecule has 0 radical (unpaired) electrons. The molecule has 0 atom stereocenters. The number of hydrogen-bond acceptors (Lipinski definition) is 3. The van der Waals surface area contributed by atoms with Crippen LogP contribution < -0.4 is 26.4 Å². The van der Waals surface area contributed by atoms with Crippen LogP contribution in [0.25, 0.3) is 0 Å². The average Bonchev–Trinajstić information content (AvgIpc) is 3.67. The molecule has 67 heavy (non-hydrogen) atoms. The van der Waals surface area contributed by atoms with Crippen LogP contribution in [0.4, 0.5) is 34.1 Å². The number of fused-ring (bicyclic) bond motifs is 9. The van der Waals surface area contributed by atoms with E-state index in [9.17, 15) is 0 Å². The Kier molecular flexibility index (Phi) is 9.31. The van der Waals surface area contributed by atoms with Crippen molar-refractivity contribution in [2.75, 3.05) is 9.80 Å². The highest BCUT2D eigenvalue weighted by Gasteiger charge is 2.54. The molecule has 0 unspecified atom stereocenters. The zero-order valence-corrected chi connectivity index (χ0v) is 44.9. The van der Waals surface area contributed by atoms with Crippen molar-refractivity contribution >= 4 is 57.4 Å². The third-order valence-electron chi connectivity index (χ3n) is 19.4. The Morgan fingerprint density at radius 3 is 1.33 bits per heavy atom. The van der Waals surface area contributed by atoms with E-state index in [1.54, 1.807) is 0 Å². The predicted octanol–water partition coefficient (Wildman–Crippen LogP) is 15.9. The fourth-order valence-electron chi connectivity index (χ4n) is 14.2. The standard InChI is InChI=1S/C63H81BN2O/c1-37(2)38-31-49-52-50(32-38)66(40-20-22-42-44(34-40)59(9,10)26-24-57(42,5)6)53-51-54(63(17,18)30-29-62(51,15)16)67-55(53)64(52)47-35-45-46(61(13,14)28-27-60(45,11)12)36-48(47)65(49)39-19-21-41-43(33-39)58(7,8)25-23-56(41,3)4/h19-22,31-37H,23-30H2,1-18H3. The normalized spacial score (nSPS) is 23.3. The van der Waals surface area contributed by atoms with Gasteiger partial charge in [0.25, 0.3) is 6.71 Å². The first kappa shape index (κ1) is 45.3. The van der Waals surface area contributed by atoms with Gasteiger partial charge in [-0.15, -0.1) is 0 Å². The van der Waals surface area contributed by atoms with E-state index in [1.165, 1.54) is 134 Å². The molecule has 352 valence electrons. The topological polar surface area (TPSA) is 19.6 Å². The molecule has 4 aliphatic carbocycles. The van der Waals surface area contributed by atoms with Crippen molar-refractivity contribution in [3.8, 4) is 0 Å². The van der Waals surface area contributed by atoms with Crippen LogP contribution in [0.2, 0.25) is 0 Å². The van der Waals surface area contributed by atoms with Crippen LogP contribution in [0.3, 0.4) is 0 Å². The molecule has 0 N–H and O–H groups in total. The lowest BCUT2D eigenvalue weighted by Crippen LogP contribution is -2.61. The summed E-state index contributed by atoms with van der Waals surface area (Å²) in [6.45, 7) is 44.3. The van der Waals surface area contributed by atoms with Gasteiger partial charge in [0.2, 0.25) is 0 Å². The summed E-state index contributed by atoms with van der Waals surface area (Å²) in [5.74, 6) is 1.52. The third kappa shape index (κ3) is 6.41. The molecule has 3 nitrogen and oxygen atoms in total. The summed E-state index contributed by atoms with van der Waals surface area (Å²) < 4.78 is 7.84. The molecule has 0 spiro atoms. The number of anilines is 6. The molecule has 0 fully saturated rings. The molecule has 5 aromatic rings. The average molecular weight is 893 g/mol. The first-order chi connectivity index (χ1) is 31.0. The van der Waals surface area contributed by atoms with E-state index in [4.69, 9.17) is 4.42 Å². The predicted molar refractivity (Wildman–Crippen MR) is 288 cm³/mol. The van der Waals surface area contributed by atoms with Crippen LogP contribution in [0.15, 0.2) is 65.1 Å². The number of furan rings is 1. The van der Waals surface area contributed by atoms with Gasteiger partial charge < -0.3 is 14.2 Å². The lowest BCUT2D eigenvalue weighted by molar-refractivity contribution is 0.282. The van der Waals surface area contributed by atoms with Crippen LogP contribution in [0.5, 0.6) is 0 Å². The highest BCUT2D eigenvalue weighted by Crippen LogP contribution is 2.58. The third-order valence-corrected chi connectivity index (χ3v) is 19.4. The van der Waals surface area contributed by atoms with Gasteiger partial charge in [0.05, 0.1) is 11.3 Å². The van der Waals surface area contributed by atoms with Gasteiger partial charge in [0.15, 0.2) is 0 Å². The smallest absolute Gasteiger partial charge is 0.297 e. The molecule has 6 aliphatic rings. The monoisotopic (exact) mass is 893 g/mol. The number of benzene rings is 4. The van der Waals surface area contributed by atoms with E-state index in [0.29, 0.717) is 5.92 Å². The lowest BCUT2D eigenvalue weighted by atomic mass is 9.35. The van der Waals surface area contributed by atoms with Gasteiger partial charge in [-0.05, 0) is 188 Å². The lowest BCUT2D eigenvalue weighted by Gasteiger charge is -2.48. The van der Waals surface area contributed by atoms with E-state index in [-0.39, 0.29) is 50.0 Å². The molecule has 0 saturated heterocycles. The summed E-state index contributed by atoms with van der Waals surface area (Å²) in [5, 5.41) is 0. The van der Waals surface area contributed by atoms with E-state index < -0.39 is 0 Å². The van der Waals surface area contributed by atoms with Gasteiger partial charge in [-0.1, -0.05) is 143 Å². The van der Waals surface area contributed by atoms with E-state index in [2.05, 4.69) is 195 Å². The number of nitrogens with zero attached hydrogens (tertiary/aromatic N) is 2. The second-order valence-corrected chi connectivity index (χ2v) is 28.2. The zero-order chi connectivity index (χ0) is 48.1. The molecule has 2 aliphatic heterocycles. The molecule has 0 saturated carbocycles. The summed E-state index contributed by atoms with van der Waals surface area (Å²) in [6.07, 6.45) is 9.37. The van der Waals surface area contributed by atoms with Crippen LogP contribution in [0.1, 0.15) is 232 Å². The summed E-state index contributed by atoms with van der Waals surface area (Å²) in [6, 6.07) is 25.7. The molecule has 0 amide bonds. The minimum atomic E-state index is -0.0943. The fraction of sp³-hybridized carbons (Fsp3) is 0.556. The zero-order valence-electron chi connectivity index (χ0n) is 44.9. The highest BCUT2D eigenvalue weighted by atomic mass is 16.3. The molecular formula is C63H81BN2O. The second-order valence-electron chi connectivity index (χ2n) is 28.2. The van der Waals surface area contributed by atoms with Crippen molar-refractivity contribution in [2.45, 2.75) is 225 Å². The quantitative estimate of drug-likeness (QED) is 0.165. The molecule has 3 heterocycles. The molecule has 0 bridgehead atoms. The van der Waals surface area contributed by atoms with Gasteiger partial charge in [-0.2, -0.15) is 0 Å². The Hall–Kier alpha value is -4.18. The first-order valence-electron chi connectivity index (χ1n) is 26.4. The Morgan fingerprint density at radius 2 is 0.836 bits per heavy atom.